The van der Waals surface area contributed by atoms with E-state index in [4.69, 9.17) is 4.74 Å². The number of hydrogen-bond acceptors (Lipinski definition) is 4. The fraction of sp³-hybridized carbons (Fsp3) is 0.318. The summed E-state index contributed by atoms with van der Waals surface area (Å²) in [5.74, 6) is -2.10. The molecule has 2 fully saturated rings. The summed E-state index contributed by atoms with van der Waals surface area (Å²) in [4.78, 5) is 41.0. The van der Waals surface area contributed by atoms with Crippen LogP contribution in [0.4, 0.5) is 0 Å². The molecule has 0 unspecified atom stereocenters. The quantitative estimate of drug-likeness (QED) is 0.623. The molecule has 4 atom stereocenters. The van der Waals surface area contributed by atoms with Crippen LogP contribution in [-0.4, -0.2) is 29.7 Å². The monoisotopic (exact) mass is 361 g/mol. The number of nitrogens with zero attached hydrogens (tertiary/aromatic N) is 1. The molecular formula is C22H19NO4. The van der Waals surface area contributed by atoms with Crippen molar-refractivity contribution in [2.75, 3.05) is 7.11 Å². The number of Topliss-reactive ketones (excluding diaryl/α,β-unsaturated/α-hetero) is 1. The molecule has 3 aliphatic rings. The van der Waals surface area contributed by atoms with Crippen LogP contribution in [0.25, 0.3) is 0 Å². The van der Waals surface area contributed by atoms with Gasteiger partial charge in [-0.1, -0.05) is 54.6 Å². The Hall–Kier alpha value is -2.95. The minimum atomic E-state index is -1.14. The van der Waals surface area contributed by atoms with Crippen LogP contribution < -0.4 is 0 Å². The number of hydrogen-bond donors (Lipinski definition) is 0. The first kappa shape index (κ1) is 16.2. The Kier molecular flexibility index (Phi) is 3.32. The zero-order valence-electron chi connectivity index (χ0n) is 14.9. The molecule has 2 aromatic rings. The Morgan fingerprint density at radius 1 is 1.07 bits per heavy atom. The van der Waals surface area contributed by atoms with Crippen molar-refractivity contribution in [3.05, 3.63) is 71.3 Å². The van der Waals surface area contributed by atoms with Crippen LogP contribution in [0.2, 0.25) is 0 Å². The summed E-state index contributed by atoms with van der Waals surface area (Å²) in [6.45, 7) is 0.369. The van der Waals surface area contributed by atoms with E-state index in [-0.39, 0.29) is 24.0 Å². The van der Waals surface area contributed by atoms with E-state index >= 15 is 0 Å². The minimum absolute atomic E-state index is 0.148. The lowest BCUT2D eigenvalue weighted by Gasteiger charge is -2.32. The highest BCUT2D eigenvalue weighted by atomic mass is 16.5. The number of rotatable bonds is 3. The third-order valence-electron chi connectivity index (χ3n) is 6.48. The summed E-state index contributed by atoms with van der Waals surface area (Å²) in [5.41, 5.74) is 1.79. The van der Waals surface area contributed by atoms with Crippen molar-refractivity contribution >= 4 is 17.7 Å². The lowest BCUT2D eigenvalue weighted by molar-refractivity contribution is -0.158. The molecule has 1 aliphatic heterocycles. The average molecular weight is 361 g/mol. The van der Waals surface area contributed by atoms with Gasteiger partial charge < -0.3 is 9.64 Å². The molecule has 5 rings (SSSR count). The number of carbonyl (C=O) groups is 3. The van der Waals surface area contributed by atoms with Gasteiger partial charge in [-0.25, -0.2) is 0 Å². The van der Waals surface area contributed by atoms with Crippen molar-refractivity contribution in [2.24, 2.45) is 11.3 Å². The Bertz CT molecular complexity index is 969. The van der Waals surface area contributed by atoms with E-state index in [0.717, 1.165) is 16.7 Å². The number of carbonyl (C=O) groups excluding carboxylic acids is 3. The molecule has 1 saturated carbocycles. The Labute approximate surface area is 156 Å². The number of ether oxygens (including phenoxy) is 1. The molecule has 0 aromatic heterocycles. The highest BCUT2D eigenvalue weighted by Crippen LogP contribution is 2.70. The topological polar surface area (TPSA) is 63.7 Å². The van der Waals surface area contributed by atoms with E-state index in [0.29, 0.717) is 6.54 Å². The van der Waals surface area contributed by atoms with Crippen LogP contribution in [0.3, 0.4) is 0 Å². The summed E-state index contributed by atoms with van der Waals surface area (Å²) in [6.07, 6.45) is 0.220. The van der Waals surface area contributed by atoms with Gasteiger partial charge >= 0.3 is 5.97 Å². The fourth-order valence-electron chi connectivity index (χ4n) is 5.56. The van der Waals surface area contributed by atoms with E-state index in [1.165, 1.54) is 7.11 Å². The van der Waals surface area contributed by atoms with E-state index < -0.39 is 23.3 Å². The standard InChI is InChI=1S/C22H19NO4/c1-27-21(26)22-16-11-17(24)18(22)20(25)23(12-13-7-3-2-4-8-13)19(22)15-10-6-5-9-14(15)16/h2-10,16,18-19H,11-12H2,1H3/t16-,18+,19+,22-/m0/s1. The molecule has 1 amide bonds. The molecular weight excluding hydrogens is 342 g/mol. The van der Waals surface area contributed by atoms with Crippen molar-refractivity contribution in [3.63, 3.8) is 0 Å². The second kappa shape index (κ2) is 5.52. The van der Waals surface area contributed by atoms with Gasteiger partial charge in [-0.05, 0) is 16.7 Å². The maximum atomic E-state index is 13.3. The molecule has 0 spiro atoms. The van der Waals surface area contributed by atoms with E-state index in [2.05, 4.69) is 0 Å². The number of methoxy groups -OCH3 is 1. The van der Waals surface area contributed by atoms with Crippen molar-refractivity contribution in [3.8, 4) is 0 Å². The normalized spacial score (nSPS) is 30.4. The first-order valence-electron chi connectivity index (χ1n) is 9.15. The van der Waals surface area contributed by atoms with Crippen molar-refractivity contribution in [1.29, 1.82) is 0 Å². The number of ketones is 1. The van der Waals surface area contributed by atoms with Crippen molar-refractivity contribution in [2.45, 2.75) is 24.9 Å². The zero-order chi connectivity index (χ0) is 18.8. The highest BCUT2D eigenvalue weighted by Gasteiger charge is 2.76. The second-order valence-electron chi connectivity index (χ2n) is 7.56. The number of likely N-dealkylation sites (tertiary alicyclic amines) is 1. The van der Waals surface area contributed by atoms with Gasteiger partial charge in [0.25, 0.3) is 0 Å². The highest BCUT2D eigenvalue weighted by molar-refractivity contribution is 6.13. The average Bonchev–Trinajstić information content (AvgIpc) is 3.24. The van der Waals surface area contributed by atoms with Crippen LogP contribution in [-0.2, 0) is 25.7 Å². The van der Waals surface area contributed by atoms with Gasteiger partial charge in [0, 0.05) is 18.9 Å². The number of benzene rings is 2. The summed E-state index contributed by atoms with van der Waals surface area (Å²) >= 11 is 0. The van der Waals surface area contributed by atoms with Gasteiger partial charge in [-0.2, -0.15) is 0 Å². The van der Waals surface area contributed by atoms with Crippen LogP contribution >= 0.6 is 0 Å². The van der Waals surface area contributed by atoms with Gasteiger partial charge in [0.1, 0.15) is 17.1 Å². The molecule has 2 aliphatic carbocycles. The van der Waals surface area contributed by atoms with E-state index in [9.17, 15) is 14.4 Å². The van der Waals surface area contributed by atoms with E-state index in [1.54, 1.807) is 4.90 Å². The van der Waals surface area contributed by atoms with Gasteiger partial charge in [0.05, 0.1) is 13.2 Å². The lowest BCUT2D eigenvalue weighted by atomic mass is 9.72. The Morgan fingerprint density at radius 3 is 2.44 bits per heavy atom. The van der Waals surface area contributed by atoms with Crippen LogP contribution in [0.15, 0.2) is 54.6 Å². The molecule has 136 valence electrons. The molecule has 1 heterocycles. The summed E-state index contributed by atoms with van der Waals surface area (Å²) in [7, 11) is 1.34. The van der Waals surface area contributed by atoms with Gasteiger partial charge in [0.2, 0.25) is 5.91 Å². The minimum Gasteiger partial charge on any atom is -0.468 e. The molecule has 5 heteroatoms. The van der Waals surface area contributed by atoms with Crippen LogP contribution in [0, 0.1) is 11.3 Å². The molecule has 27 heavy (non-hydrogen) atoms. The molecule has 1 saturated heterocycles. The molecule has 2 aromatic carbocycles. The van der Waals surface area contributed by atoms with Crippen molar-refractivity contribution in [1.82, 2.24) is 4.90 Å². The van der Waals surface area contributed by atoms with Crippen LogP contribution in [0.1, 0.15) is 35.1 Å². The maximum absolute atomic E-state index is 13.3. The maximum Gasteiger partial charge on any atom is 0.316 e. The molecule has 0 N–H and O–H groups in total. The number of fused-ring (bicyclic) bond motifs is 3. The Balaban J connectivity index is 1.72. The summed E-state index contributed by atoms with van der Waals surface area (Å²) in [6, 6.07) is 17.0. The van der Waals surface area contributed by atoms with Gasteiger partial charge in [-0.15, -0.1) is 0 Å². The second-order valence-corrected chi connectivity index (χ2v) is 7.56. The van der Waals surface area contributed by atoms with Crippen LogP contribution in [0.5, 0.6) is 0 Å². The largest absolute Gasteiger partial charge is 0.468 e. The van der Waals surface area contributed by atoms with Gasteiger partial charge in [-0.3, -0.25) is 14.4 Å². The first-order valence-corrected chi connectivity index (χ1v) is 9.15. The van der Waals surface area contributed by atoms with Gasteiger partial charge in [0.15, 0.2) is 0 Å². The predicted octanol–water partition coefficient (Wildman–Crippen LogP) is 2.62. The molecule has 5 nitrogen and oxygen atoms in total. The predicted molar refractivity (Wildman–Crippen MR) is 96.5 cm³/mol. The summed E-state index contributed by atoms with van der Waals surface area (Å²) < 4.78 is 5.18. The first-order chi connectivity index (χ1) is 13.1. The summed E-state index contributed by atoms with van der Waals surface area (Å²) in [5, 5.41) is 0. The third-order valence-corrected chi connectivity index (χ3v) is 6.48. The Morgan fingerprint density at radius 2 is 1.74 bits per heavy atom. The smallest absolute Gasteiger partial charge is 0.316 e. The van der Waals surface area contributed by atoms with E-state index in [1.807, 2.05) is 54.6 Å². The number of amides is 1. The molecule has 0 radical (unpaired) electrons. The SMILES string of the molecule is COC(=O)[C@]12[C@@H]3C(=O)C[C@H]1c1ccccc1[C@H]2N(Cc1ccccc1)C3=O. The zero-order valence-corrected chi connectivity index (χ0v) is 14.9. The molecule has 0 bridgehead atoms. The number of esters is 1. The fourth-order valence-corrected chi connectivity index (χ4v) is 5.56. The third kappa shape index (κ3) is 1.86. The lowest BCUT2D eigenvalue weighted by Crippen LogP contribution is -2.40. The van der Waals surface area contributed by atoms with Crippen molar-refractivity contribution < 1.29 is 19.1 Å².